The molecule has 33 heavy (non-hydrogen) atoms. The molecule has 1 aliphatic heterocycles. The average Bonchev–Trinajstić information content (AvgIpc) is 3.44. The highest BCUT2D eigenvalue weighted by atomic mass is 19.1. The van der Waals surface area contributed by atoms with E-state index in [1.165, 1.54) is 18.9 Å². The van der Waals surface area contributed by atoms with Gasteiger partial charge in [-0.3, -0.25) is 9.88 Å². The molecule has 1 aromatic carbocycles. The summed E-state index contributed by atoms with van der Waals surface area (Å²) < 4.78 is 21.7. The summed E-state index contributed by atoms with van der Waals surface area (Å²) >= 11 is 0. The maximum absolute atomic E-state index is 13.9. The summed E-state index contributed by atoms with van der Waals surface area (Å²) in [6.07, 6.45) is 5.30. The Morgan fingerprint density at radius 1 is 1.06 bits per heavy atom. The third-order valence-electron chi connectivity index (χ3n) is 5.84. The zero-order chi connectivity index (χ0) is 22.8. The molecule has 0 saturated carbocycles. The molecule has 4 heterocycles. The Bertz CT molecular complexity index is 1270. The van der Waals surface area contributed by atoms with Crippen LogP contribution in [0.2, 0.25) is 0 Å². The molecule has 0 atom stereocenters. The number of aromatic nitrogens is 5. The average molecular weight is 448 g/mol. The van der Waals surface area contributed by atoms with Crippen molar-refractivity contribution in [2.24, 2.45) is 0 Å². The van der Waals surface area contributed by atoms with Gasteiger partial charge in [0.2, 0.25) is 0 Å². The number of halogens is 1. The van der Waals surface area contributed by atoms with E-state index in [9.17, 15) is 4.39 Å². The van der Waals surface area contributed by atoms with Crippen molar-refractivity contribution in [1.29, 1.82) is 0 Å². The van der Waals surface area contributed by atoms with Gasteiger partial charge in [-0.15, -0.1) is 0 Å². The Morgan fingerprint density at radius 3 is 2.61 bits per heavy atom. The first kappa shape index (κ1) is 21.3. The second-order valence-electron chi connectivity index (χ2n) is 8.28. The van der Waals surface area contributed by atoms with Crippen LogP contribution in [-0.2, 0) is 6.54 Å². The number of imidazole rings is 1. The van der Waals surface area contributed by atoms with Gasteiger partial charge in [-0.25, -0.2) is 19.3 Å². The van der Waals surface area contributed by atoms with E-state index in [-0.39, 0.29) is 0 Å². The second-order valence-corrected chi connectivity index (χ2v) is 8.28. The van der Waals surface area contributed by atoms with Gasteiger partial charge in [-0.1, -0.05) is 12.1 Å². The standard InChI is InChI=1S/C24H26FN7O/c1-16-28-22(26)21-24(29-16)32(23(30-21)18-12-19(25)14-27-13-18)15-17-4-6-20(7-5-17)33-11-10-31-8-2-3-9-31/h4-7,12-14H,2-3,8-11,15H2,1H3,(H2,26,28,29). The monoisotopic (exact) mass is 447 g/mol. The lowest BCUT2D eigenvalue weighted by Crippen LogP contribution is -2.25. The van der Waals surface area contributed by atoms with E-state index >= 15 is 0 Å². The van der Waals surface area contributed by atoms with Gasteiger partial charge in [0.25, 0.3) is 0 Å². The summed E-state index contributed by atoms with van der Waals surface area (Å²) in [5, 5.41) is 0. The van der Waals surface area contributed by atoms with Crippen LogP contribution in [0.25, 0.3) is 22.6 Å². The topological polar surface area (TPSA) is 95.0 Å². The number of fused-ring (bicyclic) bond motifs is 1. The summed E-state index contributed by atoms with van der Waals surface area (Å²) in [5.41, 5.74) is 8.78. The van der Waals surface area contributed by atoms with Crippen molar-refractivity contribution in [2.45, 2.75) is 26.3 Å². The number of rotatable bonds is 7. The van der Waals surface area contributed by atoms with Crippen molar-refractivity contribution in [2.75, 3.05) is 32.0 Å². The summed E-state index contributed by atoms with van der Waals surface area (Å²) in [6, 6.07) is 9.37. The summed E-state index contributed by atoms with van der Waals surface area (Å²) in [7, 11) is 0. The van der Waals surface area contributed by atoms with Gasteiger partial charge in [-0.05, 0) is 56.6 Å². The highest BCUT2D eigenvalue weighted by Gasteiger charge is 2.18. The van der Waals surface area contributed by atoms with Gasteiger partial charge in [-0.2, -0.15) is 0 Å². The number of nitrogens with zero attached hydrogens (tertiary/aromatic N) is 6. The quantitative estimate of drug-likeness (QED) is 0.464. The van der Waals surface area contributed by atoms with Crippen molar-refractivity contribution in [3.63, 3.8) is 0 Å². The van der Waals surface area contributed by atoms with Crippen molar-refractivity contribution >= 4 is 17.0 Å². The number of pyridine rings is 1. The summed E-state index contributed by atoms with van der Waals surface area (Å²) in [4.78, 5) is 19.8. The zero-order valence-electron chi connectivity index (χ0n) is 18.5. The Balaban J connectivity index is 1.41. The Labute approximate surface area is 191 Å². The fourth-order valence-electron chi connectivity index (χ4n) is 4.21. The van der Waals surface area contributed by atoms with Crippen molar-refractivity contribution < 1.29 is 9.13 Å². The molecule has 9 heteroatoms. The van der Waals surface area contributed by atoms with Crippen molar-refractivity contribution in [1.82, 2.24) is 29.4 Å². The number of anilines is 1. The highest BCUT2D eigenvalue weighted by Crippen LogP contribution is 2.27. The van der Waals surface area contributed by atoms with Crippen LogP contribution < -0.4 is 10.5 Å². The van der Waals surface area contributed by atoms with Crippen LogP contribution in [0.4, 0.5) is 10.2 Å². The van der Waals surface area contributed by atoms with Crippen LogP contribution >= 0.6 is 0 Å². The lowest BCUT2D eigenvalue weighted by Gasteiger charge is -2.15. The van der Waals surface area contributed by atoms with Gasteiger partial charge in [0.15, 0.2) is 17.0 Å². The molecular formula is C24H26FN7O. The van der Waals surface area contributed by atoms with Gasteiger partial charge in [0, 0.05) is 18.3 Å². The zero-order valence-corrected chi connectivity index (χ0v) is 18.5. The predicted molar refractivity (Wildman–Crippen MR) is 124 cm³/mol. The predicted octanol–water partition coefficient (Wildman–Crippen LogP) is 3.44. The van der Waals surface area contributed by atoms with Gasteiger partial charge < -0.3 is 15.0 Å². The highest BCUT2D eigenvalue weighted by molar-refractivity contribution is 5.85. The van der Waals surface area contributed by atoms with Crippen molar-refractivity contribution in [3.05, 3.63) is 59.9 Å². The van der Waals surface area contributed by atoms with Crippen LogP contribution in [0.5, 0.6) is 5.75 Å². The number of hydrogen-bond donors (Lipinski definition) is 1. The molecule has 0 amide bonds. The molecule has 1 fully saturated rings. The van der Waals surface area contributed by atoms with Crippen molar-refractivity contribution in [3.8, 4) is 17.1 Å². The number of hydrogen-bond acceptors (Lipinski definition) is 7. The number of nitrogens with two attached hydrogens (primary N) is 1. The third kappa shape index (κ3) is 4.63. The van der Waals surface area contributed by atoms with E-state index in [1.54, 1.807) is 13.1 Å². The van der Waals surface area contributed by atoms with Crippen LogP contribution in [-0.4, -0.2) is 55.6 Å². The lowest BCUT2D eigenvalue weighted by atomic mass is 10.2. The maximum atomic E-state index is 13.9. The van der Waals surface area contributed by atoms with Crippen LogP contribution in [0.3, 0.4) is 0 Å². The molecule has 1 saturated heterocycles. The lowest BCUT2D eigenvalue weighted by molar-refractivity contribution is 0.238. The molecule has 0 spiro atoms. The smallest absolute Gasteiger partial charge is 0.166 e. The van der Waals surface area contributed by atoms with Gasteiger partial charge >= 0.3 is 0 Å². The second kappa shape index (κ2) is 9.11. The van der Waals surface area contributed by atoms with E-state index in [2.05, 4.69) is 24.8 Å². The number of likely N-dealkylation sites (tertiary alicyclic amines) is 1. The largest absolute Gasteiger partial charge is 0.492 e. The van der Waals surface area contributed by atoms with Gasteiger partial charge in [0.05, 0.1) is 12.7 Å². The summed E-state index contributed by atoms with van der Waals surface area (Å²) in [5.74, 6) is 1.78. The minimum absolute atomic E-state index is 0.295. The molecule has 0 aliphatic carbocycles. The first-order valence-corrected chi connectivity index (χ1v) is 11.1. The molecule has 170 valence electrons. The SMILES string of the molecule is Cc1nc(N)c2nc(-c3cncc(F)c3)n(Cc3ccc(OCCN4CCCC4)cc3)c2n1. The minimum atomic E-state index is -0.434. The van der Waals surface area contributed by atoms with Crippen LogP contribution in [0, 0.1) is 12.7 Å². The normalized spacial score (nSPS) is 14.2. The fourth-order valence-corrected chi connectivity index (χ4v) is 4.21. The Morgan fingerprint density at radius 2 is 1.85 bits per heavy atom. The molecule has 8 nitrogen and oxygen atoms in total. The fraction of sp³-hybridized carbons (Fsp3) is 0.333. The minimum Gasteiger partial charge on any atom is -0.492 e. The number of aryl methyl sites for hydroxylation is 1. The third-order valence-corrected chi connectivity index (χ3v) is 5.84. The first-order valence-electron chi connectivity index (χ1n) is 11.1. The van der Waals surface area contributed by atoms with E-state index in [0.717, 1.165) is 37.1 Å². The molecule has 1 aliphatic rings. The van der Waals surface area contributed by atoms with E-state index < -0.39 is 5.82 Å². The maximum Gasteiger partial charge on any atom is 0.166 e. The first-order chi connectivity index (χ1) is 16.1. The number of nitrogen functional groups attached to an aromatic ring is 1. The Kier molecular flexibility index (Phi) is 5.87. The van der Waals surface area contributed by atoms with E-state index in [0.29, 0.717) is 47.3 Å². The number of benzene rings is 1. The van der Waals surface area contributed by atoms with E-state index in [1.807, 2.05) is 28.8 Å². The molecule has 3 aromatic heterocycles. The van der Waals surface area contributed by atoms with E-state index in [4.69, 9.17) is 10.5 Å². The van der Waals surface area contributed by atoms with Gasteiger partial charge in [0.1, 0.15) is 29.8 Å². The molecule has 0 unspecified atom stereocenters. The Hall–Kier alpha value is -3.59. The number of ether oxygens (including phenoxy) is 1. The molecule has 4 aromatic rings. The molecule has 0 radical (unpaired) electrons. The molecular weight excluding hydrogens is 421 g/mol. The van der Waals surface area contributed by atoms with Crippen LogP contribution in [0.1, 0.15) is 24.2 Å². The van der Waals surface area contributed by atoms with Crippen LogP contribution in [0.15, 0.2) is 42.7 Å². The molecule has 2 N–H and O–H groups in total. The molecule has 0 bridgehead atoms. The molecule has 5 rings (SSSR count). The summed E-state index contributed by atoms with van der Waals surface area (Å²) in [6.45, 7) is 6.22.